The third kappa shape index (κ3) is 5.26. The van der Waals surface area contributed by atoms with Crippen LogP contribution in [0.25, 0.3) is 0 Å². The number of rotatable bonds is 6. The molecule has 0 saturated heterocycles. The lowest BCUT2D eigenvalue weighted by molar-refractivity contribution is 0.241. The number of anilines is 1. The summed E-state index contributed by atoms with van der Waals surface area (Å²) in [5.41, 5.74) is 1.93. The van der Waals surface area contributed by atoms with Gasteiger partial charge in [-0.15, -0.1) is 0 Å². The van der Waals surface area contributed by atoms with Crippen LogP contribution in [0.4, 0.5) is 14.9 Å². The molecule has 0 unspecified atom stereocenters. The highest BCUT2D eigenvalue weighted by atomic mass is 19.1. The fourth-order valence-corrected chi connectivity index (χ4v) is 2.27. The minimum Gasteiger partial charge on any atom is -0.491 e. The van der Waals surface area contributed by atoms with Crippen molar-refractivity contribution in [2.24, 2.45) is 0 Å². The Labute approximate surface area is 140 Å². The Bertz CT molecular complexity index is 700. The predicted octanol–water partition coefficient (Wildman–Crippen LogP) is 3.40. The molecule has 0 aliphatic rings. The number of halogens is 1. The zero-order valence-corrected chi connectivity index (χ0v) is 14.3. The molecule has 0 radical (unpaired) electrons. The van der Waals surface area contributed by atoms with Gasteiger partial charge in [-0.3, -0.25) is 5.10 Å². The van der Waals surface area contributed by atoms with Gasteiger partial charge in [0, 0.05) is 24.2 Å². The number of urea groups is 1. The number of aromatic nitrogens is 2. The van der Waals surface area contributed by atoms with Gasteiger partial charge in [-0.25, -0.2) is 9.18 Å². The molecule has 0 spiro atoms. The number of carbonyl (C=O) groups excluding carboxylic acids is 1. The summed E-state index contributed by atoms with van der Waals surface area (Å²) in [4.78, 5) is 12.0. The number of nitrogens with zero attached hydrogens (tertiary/aromatic N) is 1. The van der Waals surface area contributed by atoms with Crippen LogP contribution in [0.15, 0.2) is 24.3 Å². The molecule has 0 saturated carbocycles. The van der Waals surface area contributed by atoms with E-state index in [9.17, 15) is 9.18 Å². The minimum atomic E-state index is -0.543. The highest BCUT2D eigenvalue weighted by molar-refractivity contribution is 5.89. The molecule has 2 rings (SSSR count). The molecule has 130 valence electrons. The third-order valence-electron chi connectivity index (χ3n) is 3.21. The lowest BCUT2D eigenvalue weighted by atomic mass is 10.2. The van der Waals surface area contributed by atoms with Crippen molar-refractivity contribution in [3.05, 3.63) is 41.5 Å². The van der Waals surface area contributed by atoms with Crippen molar-refractivity contribution in [1.82, 2.24) is 15.5 Å². The van der Waals surface area contributed by atoms with Crippen LogP contribution in [-0.2, 0) is 6.42 Å². The fourth-order valence-electron chi connectivity index (χ4n) is 2.27. The average Bonchev–Trinajstić information content (AvgIpc) is 2.86. The van der Waals surface area contributed by atoms with Crippen molar-refractivity contribution in [2.45, 2.75) is 46.3 Å². The molecule has 1 aromatic carbocycles. The van der Waals surface area contributed by atoms with E-state index in [4.69, 9.17) is 4.74 Å². The maximum atomic E-state index is 14.0. The van der Waals surface area contributed by atoms with Crippen molar-refractivity contribution in [3.63, 3.8) is 0 Å². The van der Waals surface area contributed by atoms with Crippen LogP contribution in [0.1, 0.15) is 32.2 Å². The molecule has 0 aliphatic heterocycles. The van der Waals surface area contributed by atoms with E-state index >= 15 is 0 Å². The van der Waals surface area contributed by atoms with Gasteiger partial charge in [-0.05, 0) is 45.9 Å². The van der Waals surface area contributed by atoms with E-state index in [0.717, 1.165) is 11.4 Å². The lowest BCUT2D eigenvalue weighted by Crippen LogP contribution is -2.37. The van der Waals surface area contributed by atoms with Gasteiger partial charge < -0.3 is 15.4 Å². The highest BCUT2D eigenvalue weighted by Crippen LogP contribution is 2.21. The Morgan fingerprint density at radius 1 is 1.33 bits per heavy atom. The molecule has 3 N–H and O–H groups in total. The molecule has 2 amide bonds. The largest absolute Gasteiger partial charge is 0.491 e. The van der Waals surface area contributed by atoms with Gasteiger partial charge in [0.25, 0.3) is 0 Å². The SMILES string of the molecule is Cc1cc(C[C@H](C)NC(=O)Nc2ccc(OC(C)C)cc2F)n[nH]1. The highest BCUT2D eigenvalue weighted by Gasteiger charge is 2.12. The summed E-state index contributed by atoms with van der Waals surface area (Å²) in [5.74, 6) is -0.116. The number of ether oxygens (including phenoxy) is 1. The molecule has 24 heavy (non-hydrogen) atoms. The molecular formula is C17H23FN4O2. The number of carbonyl (C=O) groups is 1. The molecule has 0 fully saturated rings. The van der Waals surface area contributed by atoms with E-state index in [1.54, 1.807) is 6.07 Å². The van der Waals surface area contributed by atoms with Crippen molar-refractivity contribution >= 4 is 11.7 Å². The summed E-state index contributed by atoms with van der Waals surface area (Å²) in [6.07, 6.45) is 0.541. The Morgan fingerprint density at radius 3 is 2.67 bits per heavy atom. The number of hydrogen-bond donors (Lipinski definition) is 3. The fraction of sp³-hybridized carbons (Fsp3) is 0.412. The smallest absolute Gasteiger partial charge is 0.319 e. The average molecular weight is 334 g/mol. The number of benzene rings is 1. The summed E-state index contributed by atoms with van der Waals surface area (Å²) >= 11 is 0. The summed E-state index contributed by atoms with van der Waals surface area (Å²) in [5, 5.41) is 12.2. The second kappa shape index (κ2) is 7.81. The van der Waals surface area contributed by atoms with Crippen LogP contribution in [0.3, 0.4) is 0 Å². The standard InChI is InChI=1S/C17H23FN4O2/c1-10(2)24-14-5-6-16(15(18)9-14)20-17(23)19-11(3)7-13-8-12(4)21-22-13/h5-6,8-11H,7H2,1-4H3,(H,21,22)(H2,19,20,23)/t11-/m0/s1. The van der Waals surface area contributed by atoms with Gasteiger partial charge in [0.15, 0.2) is 0 Å². The molecule has 1 aromatic heterocycles. The van der Waals surface area contributed by atoms with Crippen molar-refractivity contribution < 1.29 is 13.9 Å². The number of aromatic amines is 1. The third-order valence-corrected chi connectivity index (χ3v) is 3.21. The summed E-state index contributed by atoms with van der Waals surface area (Å²) in [6, 6.07) is 5.67. The molecule has 1 atom stereocenters. The van der Waals surface area contributed by atoms with E-state index in [0.29, 0.717) is 12.2 Å². The van der Waals surface area contributed by atoms with Gasteiger partial charge in [0.2, 0.25) is 0 Å². The van der Waals surface area contributed by atoms with Gasteiger partial charge in [0.1, 0.15) is 11.6 Å². The van der Waals surface area contributed by atoms with Crippen LogP contribution < -0.4 is 15.4 Å². The van der Waals surface area contributed by atoms with Crippen molar-refractivity contribution in [3.8, 4) is 5.75 Å². The first-order valence-corrected chi connectivity index (χ1v) is 7.88. The number of H-pyrrole nitrogens is 1. The number of hydrogen-bond acceptors (Lipinski definition) is 3. The van der Waals surface area contributed by atoms with Gasteiger partial charge in [-0.1, -0.05) is 0 Å². The molecule has 0 aliphatic carbocycles. The molecule has 0 bridgehead atoms. The Hall–Kier alpha value is -2.57. The number of amides is 2. The molecular weight excluding hydrogens is 311 g/mol. The second-order valence-electron chi connectivity index (χ2n) is 6.05. The Kier molecular flexibility index (Phi) is 5.78. The zero-order valence-electron chi connectivity index (χ0n) is 14.3. The van der Waals surface area contributed by atoms with Crippen molar-refractivity contribution in [2.75, 3.05) is 5.32 Å². The van der Waals surface area contributed by atoms with Gasteiger partial charge >= 0.3 is 6.03 Å². The van der Waals surface area contributed by atoms with E-state index in [-0.39, 0.29) is 17.8 Å². The van der Waals surface area contributed by atoms with Crippen LogP contribution in [0, 0.1) is 12.7 Å². The monoisotopic (exact) mass is 334 g/mol. The van der Waals surface area contributed by atoms with Crippen LogP contribution in [0.2, 0.25) is 0 Å². The van der Waals surface area contributed by atoms with Gasteiger partial charge in [-0.2, -0.15) is 5.10 Å². The van der Waals surface area contributed by atoms with E-state index in [2.05, 4.69) is 20.8 Å². The molecule has 2 aromatic rings. The Morgan fingerprint density at radius 2 is 2.08 bits per heavy atom. The van der Waals surface area contributed by atoms with Gasteiger partial charge in [0.05, 0.1) is 17.5 Å². The first-order chi connectivity index (χ1) is 11.3. The summed E-state index contributed by atoms with van der Waals surface area (Å²) < 4.78 is 19.4. The maximum absolute atomic E-state index is 14.0. The van der Waals surface area contributed by atoms with E-state index < -0.39 is 11.8 Å². The summed E-state index contributed by atoms with van der Waals surface area (Å²) in [7, 11) is 0. The van der Waals surface area contributed by atoms with E-state index in [1.807, 2.05) is 33.8 Å². The quantitative estimate of drug-likeness (QED) is 0.757. The number of nitrogens with one attached hydrogen (secondary N) is 3. The minimum absolute atomic E-state index is 0.0435. The van der Waals surface area contributed by atoms with Crippen LogP contribution >= 0.6 is 0 Å². The molecule has 1 heterocycles. The summed E-state index contributed by atoms with van der Waals surface area (Å²) in [6.45, 7) is 7.50. The normalized spacial score (nSPS) is 12.1. The topological polar surface area (TPSA) is 79.0 Å². The van der Waals surface area contributed by atoms with E-state index in [1.165, 1.54) is 12.1 Å². The molecule has 7 heteroatoms. The van der Waals surface area contributed by atoms with Crippen molar-refractivity contribution in [1.29, 1.82) is 0 Å². The predicted molar refractivity (Wildman–Crippen MR) is 90.8 cm³/mol. The lowest BCUT2D eigenvalue weighted by Gasteiger charge is -2.15. The first-order valence-electron chi connectivity index (χ1n) is 7.88. The molecule has 6 nitrogen and oxygen atoms in total. The Balaban J connectivity index is 1.89. The second-order valence-corrected chi connectivity index (χ2v) is 6.05. The maximum Gasteiger partial charge on any atom is 0.319 e. The zero-order chi connectivity index (χ0) is 17.7. The van der Waals surface area contributed by atoms with Crippen LogP contribution in [-0.4, -0.2) is 28.4 Å². The van der Waals surface area contributed by atoms with Crippen LogP contribution in [0.5, 0.6) is 5.75 Å². The first kappa shape index (κ1) is 17.8. The number of aryl methyl sites for hydroxylation is 1.